The largest absolute Gasteiger partial charge is 0.477 e. The highest BCUT2D eigenvalue weighted by Gasteiger charge is 2.39. The number of rotatable bonds is 16. The molecule has 127 heavy (non-hydrogen) atoms. The van der Waals surface area contributed by atoms with Crippen LogP contribution in [-0.4, -0.2) is 141 Å². The molecule has 2 atom stereocenters. The van der Waals surface area contributed by atoms with Crippen molar-refractivity contribution in [1.29, 1.82) is 0 Å². The fourth-order valence-electron chi connectivity index (χ4n) is 14.6. The lowest BCUT2D eigenvalue weighted by molar-refractivity contribution is 0.0948. The van der Waals surface area contributed by atoms with Gasteiger partial charge in [0.05, 0.1) is 71.7 Å². The summed E-state index contributed by atoms with van der Waals surface area (Å²) in [4.78, 5) is 86.6. The van der Waals surface area contributed by atoms with E-state index in [1.54, 1.807) is 24.3 Å². The average Bonchev–Trinajstić information content (AvgIpc) is 1.68. The van der Waals surface area contributed by atoms with Crippen molar-refractivity contribution in [2.24, 2.45) is 0 Å². The van der Waals surface area contributed by atoms with E-state index in [-0.39, 0.29) is 126 Å². The van der Waals surface area contributed by atoms with E-state index in [0.717, 1.165) is 61.2 Å². The zero-order chi connectivity index (χ0) is 90.1. The topological polar surface area (TPSA) is 246 Å². The third-order valence-corrected chi connectivity index (χ3v) is 28.1. The fraction of sp³-hybridized carbons (Fsp3) is 0.183. The number of benzene rings is 8. The van der Waals surface area contributed by atoms with Crippen molar-refractivity contribution in [1.82, 2.24) is 58.1 Å². The number of fused-ring (bicyclic) bond motifs is 6. The molecule has 10 heterocycles. The molecular weight excluding hydrogens is 1790 g/mol. The van der Waals surface area contributed by atoms with Gasteiger partial charge in [-0.05, 0) is 151 Å². The zero-order valence-corrected chi connectivity index (χ0v) is 74.9. The molecule has 0 saturated heterocycles. The van der Waals surface area contributed by atoms with Crippen LogP contribution in [0, 0.1) is 23.3 Å². The third kappa shape index (κ3) is 19.5. The molecule has 1 N–H and O–H groups in total. The van der Waals surface area contributed by atoms with E-state index in [1.165, 1.54) is 54.5 Å². The maximum Gasteiger partial charge on any atom is 0.264 e. The van der Waals surface area contributed by atoms with E-state index in [2.05, 4.69) is 85.3 Å². The number of Topliss-reactive ketones (excluding diaryl/α,β-unsaturated/α-hetero) is 2. The fourth-order valence-corrected chi connectivity index (χ4v) is 17.0. The number of hydrogen-bond acceptors (Lipinski definition) is 16. The molecule has 2 aliphatic rings. The van der Waals surface area contributed by atoms with Crippen molar-refractivity contribution >= 4 is 168 Å². The Bertz CT molecular complexity index is 6520. The van der Waals surface area contributed by atoms with E-state index in [9.17, 15) is 24.3 Å². The number of amides is 2. The summed E-state index contributed by atoms with van der Waals surface area (Å²) in [6.07, 6.45) is 14.4. The highest BCUT2D eigenvalue weighted by molar-refractivity contribution is 6.74. The molecule has 0 fully saturated rings. The summed E-state index contributed by atoms with van der Waals surface area (Å²) in [5, 5.41) is 12.2. The third-order valence-electron chi connectivity index (χ3n) is 21.9. The van der Waals surface area contributed by atoms with Crippen molar-refractivity contribution in [3.05, 3.63) is 332 Å². The Hall–Kier alpha value is -12.0. The van der Waals surface area contributed by atoms with Gasteiger partial charge in [0.25, 0.3) is 11.8 Å². The Labute approximate surface area is 761 Å². The molecular formula is C93H77Cl7F4N14O8Si. The molecule has 0 aliphatic carbocycles. The lowest BCUT2D eigenvalue weighted by Gasteiger charge is -2.37. The molecule has 2 amide bonds. The molecule has 0 radical (unpaired) electrons. The van der Waals surface area contributed by atoms with Crippen LogP contribution in [0.1, 0.15) is 98.0 Å². The molecule has 0 spiro atoms. The second kappa shape index (κ2) is 39.9. The Balaban J connectivity index is 0.000000137. The monoisotopic (exact) mass is 1870 g/mol. The van der Waals surface area contributed by atoms with Crippen LogP contribution >= 0.6 is 81.2 Å². The number of carbonyl (C=O) groups is 4. The number of ether oxygens (including phenoxy) is 2. The summed E-state index contributed by atoms with van der Waals surface area (Å²) in [6.45, 7) is 10.9. The molecule has 22 nitrogen and oxygen atoms in total. The van der Waals surface area contributed by atoms with E-state index < -0.39 is 61.8 Å². The van der Waals surface area contributed by atoms with Gasteiger partial charge < -0.3 is 47.1 Å². The van der Waals surface area contributed by atoms with Gasteiger partial charge in [0, 0.05) is 101 Å². The molecule has 2 aliphatic heterocycles. The van der Waals surface area contributed by atoms with Crippen molar-refractivity contribution in [3.63, 3.8) is 0 Å². The second-order valence-electron chi connectivity index (χ2n) is 30.4. The first-order chi connectivity index (χ1) is 61.2. The van der Waals surface area contributed by atoms with Gasteiger partial charge in [-0.1, -0.05) is 163 Å². The zero-order valence-electron chi connectivity index (χ0n) is 68.6. The minimum atomic E-state index is -2.11. The number of halogens is 11. The predicted molar refractivity (Wildman–Crippen MR) is 491 cm³/mol. The molecule has 34 heteroatoms. The number of aliphatic hydroxyl groups is 1. The van der Waals surface area contributed by atoms with Crippen LogP contribution < -0.4 is 19.3 Å². The lowest BCUT2D eigenvalue weighted by atomic mass is 9.88. The first kappa shape index (κ1) is 91.2. The van der Waals surface area contributed by atoms with Crippen molar-refractivity contribution in [2.45, 2.75) is 63.6 Å². The number of hydrogen-bond donors (Lipinski definition) is 1. The Morgan fingerprint density at radius 2 is 0.740 bits per heavy atom. The lowest BCUT2D eigenvalue weighted by Crippen LogP contribution is -2.44. The second-order valence-corrected chi connectivity index (χ2v) is 37.3. The van der Waals surface area contributed by atoms with Crippen molar-refractivity contribution in [3.8, 4) is 34.5 Å². The standard InChI is InChI=1S/C27H29Cl2FN4O2Si.2C22H15ClFN3O2.C21H15Cl2FN4O2.CH3Cl/c1-27(2,3)37(4,5)36-14-13-34(26(35)23-24(28)31-17-32-25(23)29)22-15-18-11-12-33(21(18)16-20(22)30)19-9-7-6-8-10-19;2*23-21-19-20(28)15(7-9-29-22(19)26-12-25-21)16-10-13-6-8-27(18(13)11-17(16)24)14-4-2-1-3-5-14;22-19-18(20(23)26-12-25-19)21(30)28(8-9-29)17-10-13-6-7-27(16(13)11-15(17)24)14-4-2-1-3-5-14;1-2/h6-12,15-17H,13-14H2,1-5H3;2*1-6,8,10-12,15H,7,9H2;1-7,10-12,29H,8-9H2;1H3. The first-order valence-electron chi connectivity index (χ1n) is 39.6. The highest BCUT2D eigenvalue weighted by atomic mass is 35.5. The molecule has 648 valence electrons. The number of carbonyl (C=O) groups excluding carboxylic acids is 4. The van der Waals surface area contributed by atoms with Gasteiger partial charge in [0.2, 0.25) is 11.8 Å². The minimum Gasteiger partial charge on any atom is -0.477 e. The molecule has 8 aromatic carbocycles. The minimum absolute atomic E-state index is 0.0108. The van der Waals surface area contributed by atoms with Crippen LogP contribution in [0.3, 0.4) is 0 Å². The summed E-state index contributed by atoms with van der Waals surface area (Å²) in [6, 6.07) is 58.5. The maximum atomic E-state index is 15.7. The van der Waals surface area contributed by atoms with Crippen LogP contribution in [-0.2, 0) is 4.43 Å². The van der Waals surface area contributed by atoms with E-state index >= 15 is 17.6 Å². The molecule has 18 rings (SSSR count). The van der Waals surface area contributed by atoms with Crippen LogP contribution in [0.25, 0.3) is 66.4 Å². The van der Waals surface area contributed by atoms with Gasteiger partial charge in [0.1, 0.15) is 102 Å². The Morgan fingerprint density at radius 1 is 0.441 bits per heavy atom. The molecule has 16 aromatic rings. The quantitative estimate of drug-likeness (QED) is 0.0409. The van der Waals surface area contributed by atoms with Crippen molar-refractivity contribution in [2.75, 3.05) is 55.7 Å². The Kier molecular flexibility index (Phi) is 28.7. The normalized spacial score (nSPS) is 13.7. The number of alkyl halides is 1. The van der Waals surface area contributed by atoms with E-state index in [1.807, 2.05) is 189 Å². The summed E-state index contributed by atoms with van der Waals surface area (Å²) in [5.41, 5.74) is 7.14. The predicted octanol–water partition coefficient (Wildman–Crippen LogP) is 22.8. The van der Waals surface area contributed by atoms with E-state index in [0.29, 0.717) is 40.4 Å². The summed E-state index contributed by atoms with van der Waals surface area (Å²) < 4.78 is 86.3. The number of aliphatic hydroxyl groups excluding tert-OH is 1. The number of ketones is 2. The van der Waals surface area contributed by atoms with Crippen LogP contribution in [0.4, 0.5) is 28.9 Å². The molecule has 2 unspecified atom stereocenters. The maximum absolute atomic E-state index is 15.7. The van der Waals surface area contributed by atoms with Gasteiger partial charge in [0.15, 0.2) is 19.9 Å². The summed E-state index contributed by atoms with van der Waals surface area (Å²) in [7, 11) is -2.11. The molecule has 8 aromatic heterocycles. The first-order valence-corrected chi connectivity index (χ1v) is 45.5. The summed E-state index contributed by atoms with van der Waals surface area (Å²) >= 11 is 41.4. The van der Waals surface area contributed by atoms with E-state index in [4.69, 9.17) is 83.5 Å². The van der Waals surface area contributed by atoms with Crippen LogP contribution in [0.5, 0.6) is 11.8 Å². The van der Waals surface area contributed by atoms with Gasteiger partial charge in [-0.3, -0.25) is 19.2 Å². The van der Waals surface area contributed by atoms with Gasteiger partial charge >= 0.3 is 0 Å². The van der Waals surface area contributed by atoms with Gasteiger partial charge in [-0.15, -0.1) is 11.6 Å². The van der Waals surface area contributed by atoms with Crippen LogP contribution in [0.2, 0.25) is 49.1 Å². The number of aromatic nitrogens is 12. The summed E-state index contributed by atoms with van der Waals surface area (Å²) in [5.74, 6) is -5.19. The molecule has 0 bridgehead atoms. The average molecular weight is 1870 g/mol. The smallest absolute Gasteiger partial charge is 0.264 e. The van der Waals surface area contributed by atoms with Crippen molar-refractivity contribution < 1.29 is 55.7 Å². The number of para-hydroxylation sites is 4. The van der Waals surface area contributed by atoms with Crippen LogP contribution in [0.15, 0.2) is 244 Å². The van der Waals surface area contributed by atoms with Gasteiger partial charge in [-0.25, -0.2) is 57.4 Å². The SMILES string of the molecule is CC(C)(C)[Si](C)(C)OCCN(C(=O)c1c(Cl)ncnc1Cl)c1cc2ccn(-c3ccccc3)c2cc1F.CCl.O=C(c1c(Cl)ncnc1Cl)N(CCO)c1cc2ccn(-c3ccccc3)c2cc1F.O=C1c2c(Cl)ncnc2OCCC1c1cc2ccn(-c3ccccc3)c2cc1F.O=C1c2c(Cl)ncnc2OCCC1c1cc2ccn(-c3ccccc3)c2cc1F. The number of anilines is 2. The van der Waals surface area contributed by atoms with Gasteiger partial charge in [-0.2, -0.15) is 0 Å². The number of nitrogens with zero attached hydrogens (tertiary/aromatic N) is 14. The highest BCUT2D eigenvalue weighted by Crippen LogP contribution is 2.42. The molecule has 0 saturated carbocycles. The Morgan fingerprint density at radius 3 is 1.06 bits per heavy atom.